The molecule has 0 spiro atoms. The summed E-state index contributed by atoms with van der Waals surface area (Å²) in [7, 11) is 0. The average molecular weight is 502 g/mol. The van der Waals surface area contributed by atoms with Gasteiger partial charge < -0.3 is 4.74 Å². The minimum Gasteiger partial charge on any atom is -0.438 e. The zero-order valence-electron chi connectivity index (χ0n) is 15.9. The highest BCUT2D eigenvalue weighted by Gasteiger charge is 2.32. The molecule has 1 aromatic carbocycles. The van der Waals surface area contributed by atoms with Crippen LogP contribution in [0.2, 0.25) is 0 Å². The highest BCUT2D eigenvalue weighted by Crippen LogP contribution is 2.34. The van der Waals surface area contributed by atoms with Crippen LogP contribution in [0.5, 0.6) is 11.6 Å². The van der Waals surface area contributed by atoms with Gasteiger partial charge >= 0.3 is 0 Å². The minimum atomic E-state index is -0.325. The second-order valence-corrected chi connectivity index (χ2v) is 9.05. The van der Waals surface area contributed by atoms with Crippen molar-refractivity contribution in [1.29, 1.82) is 0 Å². The minimum absolute atomic E-state index is 0.134. The molecule has 1 saturated heterocycles. The average Bonchev–Trinajstić information content (AvgIpc) is 3.00. The van der Waals surface area contributed by atoms with Gasteiger partial charge in [0, 0.05) is 17.2 Å². The van der Waals surface area contributed by atoms with Crippen molar-refractivity contribution in [3.05, 3.63) is 74.0 Å². The number of fused-ring (bicyclic) bond motifs is 1. The summed E-state index contributed by atoms with van der Waals surface area (Å²) >= 11 is 9.89. The number of amides is 1. The van der Waals surface area contributed by atoms with Gasteiger partial charge in [0.2, 0.25) is 5.88 Å². The third kappa shape index (κ3) is 4.05. The number of hydrogen-bond donors (Lipinski definition) is 0. The molecule has 3 aromatic rings. The van der Waals surface area contributed by atoms with Crippen LogP contribution in [0.15, 0.2) is 62.8 Å². The fourth-order valence-electron chi connectivity index (χ4n) is 2.95. The first kappa shape index (κ1) is 20.8. The van der Waals surface area contributed by atoms with Crippen LogP contribution in [0.3, 0.4) is 0 Å². The molecule has 2 aromatic heterocycles. The van der Waals surface area contributed by atoms with Crippen molar-refractivity contribution in [2.24, 2.45) is 0 Å². The van der Waals surface area contributed by atoms with Crippen LogP contribution in [0, 0.1) is 0 Å². The molecule has 1 fully saturated rings. The molecule has 0 radical (unpaired) electrons. The third-order valence-electron chi connectivity index (χ3n) is 4.36. The number of hydrogen-bond acceptors (Lipinski definition) is 6. The molecule has 0 aliphatic carbocycles. The van der Waals surface area contributed by atoms with Crippen LogP contribution in [-0.2, 0) is 4.79 Å². The Bertz CT molecular complexity index is 1240. The molecular formula is C21H16BrN3O3S2. The summed E-state index contributed by atoms with van der Waals surface area (Å²) in [6, 6.07) is 12.5. The number of rotatable bonds is 5. The van der Waals surface area contributed by atoms with Gasteiger partial charge in [-0.25, -0.2) is 0 Å². The predicted octanol–water partition coefficient (Wildman–Crippen LogP) is 4.86. The van der Waals surface area contributed by atoms with Gasteiger partial charge in [-0.1, -0.05) is 52.9 Å². The van der Waals surface area contributed by atoms with E-state index in [4.69, 9.17) is 17.0 Å². The second-order valence-electron chi connectivity index (χ2n) is 6.45. The Balaban J connectivity index is 1.84. The molecule has 0 atom stereocenters. The Morgan fingerprint density at radius 1 is 1.20 bits per heavy atom. The molecule has 9 heteroatoms. The number of thioether (sulfide) groups is 1. The Morgan fingerprint density at radius 2 is 1.97 bits per heavy atom. The number of halogens is 1. The number of pyridine rings is 1. The van der Waals surface area contributed by atoms with E-state index in [2.05, 4.69) is 20.9 Å². The van der Waals surface area contributed by atoms with E-state index in [1.807, 2.05) is 19.1 Å². The molecule has 1 amide bonds. The first-order chi connectivity index (χ1) is 14.5. The number of benzene rings is 1. The highest BCUT2D eigenvalue weighted by atomic mass is 79.9. The van der Waals surface area contributed by atoms with Gasteiger partial charge in [0.05, 0.1) is 4.91 Å². The quantitative estimate of drug-likeness (QED) is 0.367. The van der Waals surface area contributed by atoms with Crippen molar-refractivity contribution in [1.82, 2.24) is 14.3 Å². The molecule has 1 aliphatic rings. The molecule has 6 nitrogen and oxygen atoms in total. The predicted molar refractivity (Wildman–Crippen MR) is 126 cm³/mol. The van der Waals surface area contributed by atoms with E-state index in [0.29, 0.717) is 27.2 Å². The maximum atomic E-state index is 13.2. The standard InChI is InChI=1S/C21H16BrN3O3S2/c1-2-10-25-20(27)16(30-21(25)29)12-15-18(28-14-8-6-13(22)7-9-14)23-17-5-3-4-11-24(17)19(15)26/h3-9,11-12H,2,10H2,1H3. The fourth-order valence-corrected chi connectivity index (χ4v) is 4.50. The molecule has 0 N–H and O–H groups in total. The lowest BCUT2D eigenvalue weighted by Crippen LogP contribution is -2.28. The van der Waals surface area contributed by atoms with Crippen LogP contribution in [0.1, 0.15) is 18.9 Å². The van der Waals surface area contributed by atoms with Crippen LogP contribution in [0.4, 0.5) is 0 Å². The first-order valence-corrected chi connectivity index (χ1v) is 11.2. The summed E-state index contributed by atoms with van der Waals surface area (Å²) in [5.74, 6) is 0.451. The molecular weight excluding hydrogens is 486 g/mol. The van der Waals surface area contributed by atoms with Crippen molar-refractivity contribution >= 4 is 61.9 Å². The summed E-state index contributed by atoms with van der Waals surface area (Å²) in [6.07, 6.45) is 3.95. The van der Waals surface area contributed by atoms with Crippen molar-refractivity contribution in [2.75, 3.05) is 6.54 Å². The van der Waals surface area contributed by atoms with E-state index in [-0.39, 0.29) is 22.9 Å². The maximum Gasteiger partial charge on any atom is 0.269 e. The number of thiocarbonyl (C=S) groups is 1. The lowest BCUT2D eigenvalue weighted by molar-refractivity contribution is -0.122. The molecule has 3 heterocycles. The van der Waals surface area contributed by atoms with E-state index in [1.54, 1.807) is 41.4 Å². The molecule has 4 rings (SSSR count). The second kappa shape index (κ2) is 8.71. The molecule has 0 bridgehead atoms. The van der Waals surface area contributed by atoms with E-state index in [9.17, 15) is 9.59 Å². The normalized spacial score (nSPS) is 15.4. The summed E-state index contributed by atoms with van der Waals surface area (Å²) in [5.41, 5.74) is 0.317. The number of carbonyl (C=O) groups is 1. The maximum absolute atomic E-state index is 13.2. The van der Waals surface area contributed by atoms with Gasteiger partial charge in [-0.05, 0) is 48.9 Å². The van der Waals surface area contributed by atoms with Gasteiger partial charge in [0.15, 0.2) is 0 Å². The number of nitrogens with zero attached hydrogens (tertiary/aromatic N) is 3. The summed E-state index contributed by atoms with van der Waals surface area (Å²) in [6.45, 7) is 2.52. The van der Waals surface area contributed by atoms with E-state index < -0.39 is 0 Å². The fraction of sp³-hybridized carbons (Fsp3) is 0.143. The van der Waals surface area contributed by atoms with Crippen LogP contribution in [0.25, 0.3) is 11.7 Å². The first-order valence-electron chi connectivity index (χ1n) is 9.18. The van der Waals surface area contributed by atoms with E-state index in [0.717, 1.165) is 10.9 Å². The van der Waals surface area contributed by atoms with Gasteiger partial charge in [-0.2, -0.15) is 4.98 Å². The van der Waals surface area contributed by atoms with E-state index in [1.165, 1.54) is 22.2 Å². The Kier molecular flexibility index (Phi) is 6.03. The van der Waals surface area contributed by atoms with Crippen molar-refractivity contribution in [3.63, 3.8) is 0 Å². The van der Waals surface area contributed by atoms with Crippen molar-refractivity contribution < 1.29 is 9.53 Å². The molecule has 152 valence electrons. The summed E-state index contributed by atoms with van der Waals surface area (Å²) in [5, 5.41) is 0. The smallest absolute Gasteiger partial charge is 0.269 e. The Hall–Kier alpha value is -2.49. The number of carbonyl (C=O) groups excluding carboxylic acids is 1. The zero-order chi connectivity index (χ0) is 21.3. The van der Waals surface area contributed by atoms with Crippen molar-refractivity contribution in [3.8, 4) is 11.6 Å². The largest absolute Gasteiger partial charge is 0.438 e. The summed E-state index contributed by atoms with van der Waals surface area (Å²) in [4.78, 5) is 32.4. The van der Waals surface area contributed by atoms with Crippen LogP contribution < -0.4 is 10.3 Å². The van der Waals surface area contributed by atoms with E-state index >= 15 is 0 Å². The van der Waals surface area contributed by atoms with Crippen LogP contribution in [-0.4, -0.2) is 31.1 Å². The van der Waals surface area contributed by atoms with Gasteiger partial charge in [0.1, 0.15) is 21.3 Å². The zero-order valence-corrected chi connectivity index (χ0v) is 19.1. The topological polar surface area (TPSA) is 63.9 Å². The lowest BCUT2D eigenvalue weighted by atomic mass is 10.2. The monoisotopic (exact) mass is 501 g/mol. The molecule has 0 saturated carbocycles. The van der Waals surface area contributed by atoms with Gasteiger partial charge in [-0.15, -0.1) is 0 Å². The summed E-state index contributed by atoms with van der Waals surface area (Å²) < 4.78 is 8.75. The van der Waals surface area contributed by atoms with Crippen molar-refractivity contribution in [2.45, 2.75) is 13.3 Å². The number of aromatic nitrogens is 2. The molecule has 30 heavy (non-hydrogen) atoms. The molecule has 1 aliphatic heterocycles. The highest BCUT2D eigenvalue weighted by molar-refractivity contribution is 9.10. The van der Waals surface area contributed by atoms with Gasteiger partial charge in [-0.3, -0.25) is 18.9 Å². The van der Waals surface area contributed by atoms with Crippen LogP contribution >= 0.6 is 39.9 Å². The van der Waals surface area contributed by atoms with Gasteiger partial charge in [0.25, 0.3) is 11.5 Å². The number of ether oxygens (including phenoxy) is 1. The lowest BCUT2D eigenvalue weighted by Gasteiger charge is -2.12. The Morgan fingerprint density at radius 3 is 2.70 bits per heavy atom. The third-order valence-corrected chi connectivity index (χ3v) is 6.26. The SMILES string of the molecule is CCCN1C(=O)C(=Cc2c(Oc3ccc(Br)cc3)nc3ccccn3c2=O)SC1=S. The molecule has 0 unspecified atom stereocenters. The Labute approximate surface area is 190 Å².